The van der Waals surface area contributed by atoms with E-state index in [0.29, 0.717) is 5.56 Å². The number of aliphatic carboxylic acids is 1. The molecule has 0 radical (unpaired) electrons. The third-order valence-electron chi connectivity index (χ3n) is 2.84. The van der Waals surface area contributed by atoms with Gasteiger partial charge in [0.05, 0.1) is 12.0 Å². The minimum atomic E-state index is -1.27. The van der Waals surface area contributed by atoms with Gasteiger partial charge in [-0.1, -0.05) is 18.2 Å². The number of para-hydroxylation sites is 1. The molecule has 1 heterocycles. The van der Waals surface area contributed by atoms with E-state index >= 15 is 0 Å². The lowest BCUT2D eigenvalue weighted by atomic mass is 10.1. The van der Waals surface area contributed by atoms with Gasteiger partial charge in [-0.2, -0.15) is 0 Å². The first-order chi connectivity index (χ1) is 8.52. The Morgan fingerprint density at radius 2 is 2.11 bits per heavy atom. The van der Waals surface area contributed by atoms with Crippen molar-refractivity contribution in [1.82, 2.24) is 4.90 Å². The number of rotatable bonds is 2. The van der Waals surface area contributed by atoms with E-state index in [1.54, 1.807) is 18.2 Å². The van der Waals surface area contributed by atoms with Crippen LogP contribution in [0.1, 0.15) is 17.9 Å². The number of hydrogen-bond acceptors (Lipinski definition) is 5. The number of carbonyl (C=O) groups is 2. The lowest BCUT2D eigenvalue weighted by Gasteiger charge is -2.29. The van der Waals surface area contributed by atoms with Gasteiger partial charge in [-0.15, -0.1) is 11.8 Å². The quantitative estimate of drug-likeness (QED) is 0.821. The van der Waals surface area contributed by atoms with Crippen LogP contribution in [0.5, 0.6) is 5.75 Å². The molecule has 18 heavy (non-hydrogen) atoms. The van der Waals surface area contributed by atoms with Crippen LogP contribution >= 0.6 is 11.8 Å². The fourth-order valence-electron chi connectivity index (χ4n) is 2.01. The summed E-state index contributed by atoms with van der Waals surface area (Å²) in [7, 11) is 0. The van der Waals surface area contributed by atoms with Crippen molar-refractivity contribution in [2.45, 2.75) is 18.3 Å². The molecule has 96 valence electrons. The summed E-state index contributed by atoms with van der Waals surface area (Å²) in [5.74, 6) is -1.29. The van der Waals surface area contributed by atoms with E-state index in [9.17, 15) is 19.8 Å². The Balaban J connectivity index is 2.37. The largest absolute Gasteiger partial charge is 0.548 e. The lowest BCUT2D eigenvalue weighted by molar-refractivity contribution is -0.310. The number of carboxylic acid groups (broad SMARTS) is 1. The fourth-order valence-corrected chi connectivity index (χ4v) is 3.50. The second-order valence-electron chi connectivity index (χ2n) is 4.01. The van der Waals surface area contributed by atoms with Crippen molar-refractivity contribution in [3.05, 3.63) is 29.8 Å². The van der Waals surface area contributed by atoms with Crippen molar-refractivity contribution in [3.8, 4) is 5.75 Å². The minimum Gasteiger partial charge on any atom is -0.548 e. The summed E-state index contributed by atoms with van der Waals surface area (Å²) in [6.07, 6.45) is 0. The second kappa shape index (κ2) is 4.89. The Bertz CT molecular complexity index is 491. The lowest BCUT2D eigenvalue weighted by Crippen LogP contribution is -2.48. The highest BCUT2D eigenvalue weighted by molar-refractivity contribution is 7.99. The molecule has 2 rings (SSSR count). The van der Waals surface area contributed by atoms with Crippen LogP contribution in [0.2, 0.25) is 0 Å². The van der Waals surface area contributed by atoms with Gasteiger partial charge in [0.15, 0.2) is 0 Å². The number of phenolic OH excluding ortho intramolecular Hbond substituents is 1. The molecule has 1 saturated heterocycles. The topological polar surface area (TPSA) is 80.7 Å². The van der Waals surface area contributed by atoms with E-state index in [1.807, 2.05) is 0 Å². The van der Waals surface area contributed by atoms with Crippen molar-refractivity contribution >= 4 is 23.6 Å². The van der Waals surface area contributed by atoms with Gasteiger partial charge in [-0.25, -0.2) is 0 Å². The molecule has 0 aromatic heterocycles. The molecule has 1 amide bonds. The molecule has 1 aliphatic rings. The van der Waals surface area contributed by atoms with Crippen LogP contribution in [0.3, 0.4) is 0 Å². The van der Waals surface area contributed by atoms with Crippen molar-refractivity contribution in [2.75, 3.05) is 5.75 Å². The number of amides is 1. The molecule has 0 saturated carbocycles. The Labute approximate surface area is 108 Å². The number of carboxylic acids is 1. The number of hydrogen-bond donors (Lipinski definition) is 1. The Morgan fingerprint density at radius 1 is 1.44 bits per heavy atom. The van der Waals surface area contributed by atoms with Crippen LogP contribution in [0.25, 0.3) is 0 Å². The molecule has 0 aliphatic carbocycles. The van der Waals surface area contributed by atoms with Gasteiger partial charge < -0.3 is 19.9 Å². The van der Waals surface area contributed by atoms with Crippen LogP contribution < -0.4 is 5.11 Å². The SMILES string of the molecule is CC(=O)N1[C@H](C(=O)[O-])CS[C@H]1c1ccccc1O. The fraction of sp³-hybridized carbons (Fsp3) is 0.333. The summed E-state index contributed by atoms with van der Waals surface area (Å²) in [4.78, 5) is 23.8. The minimum absolute atomic E-state index is 0.0558. The predicted octanol–water partition coefficient (Wildman–Crippen LogP) is 0.105. The molecular formula is C12H12NO4S-. The summed E-state index contributed by atoms with van der Waals surface area (Å²) < 4.78 is 0. The first kappa shape index (κ1) is 12.8. The molecule has 1 N–H and O–H groups in total. The monoisotopic (exact) mass is 266 g/mol. The van der Waals surface area contributed by atoms with Crippen molar-refractivity contribution < 1.29 is 19.8 Å². The van der Waals surface area contributed by atoms with Crippen molar-refractivity contribution in [1.29, 1.82) is 0 Å². The van der Waals surface area contributed by atoms with Gasteiger partial charge in [-0.05, 0) is 6.07 Å². The Hall–Kier alpha value is -1.69. The molecule has 1 aliphatic heterocycles. The van der Waals surface area contributed by atoms with Crippen LogP contribution in [-0.4, -0.2) is 33.7 Å². The van der Waals surface area contributed by atoms with E-state index < -0.39 is 17.4 Å². The van der Waals surface area contributed by atoms with E-state index in [-0.39, 0.29) is 17.4 Å². The average molecular weight is 266 g/mol. The highest BCUT2D eigenvalue weighted by atomic mass is 32.2. The van der Waals surface area contributed by atoms with Crippen molar-refractivity contribution in [3.63, 3.8) is 0 Å². The molecule has 2 atom stereocenters. The first-order valence-corrected chi connectivity index (χ1v) is 6.46. The van der Waals surface area contributed by atoms with Gasteiger partial charge in [0.25, 0.3) is 0 Å². The molecule has 6 heteroatoms. The smallest absolute Gasteiger partial charge is 0.221 e. The molecule has 0 bridgehead atoms. The number of benzene rings is 1. The maximum Gasteiger partial charge on any atom is 0.221 e. The molecule has 5 nitrogen and oxygen atoms in total. The van der Waals surface area contributed by atoms with E-state index in [1.165, 1.54) is 29.7 Å². The van der Waals surface area contributed by atoms with Gasteiger partial charge >= 0.3 is 0 Å². The van der Waals surface area contributed by atoms with Gasteiger partial charge in [0.2, 0.25) is 5.91 Å². The zero-order valence-corrected chi connectivity index (χ0v) is 10.5. The second-order valence-corrected chi connectivity index (χ2v) is 5.12. The van der Waals surface area contributed by atoms with E-state index in [0.717, 1.165) is 0 Å². The zero-order chi connectivity index (χ0) is 13.3. The normalized spacial score (nSPS) is 23.1. The molecule has 1 aromatic carbocycles. The molecule has 0 unspecified atom stereocenters. The summed E-state index contributed by atoms with van der Waals surface area (Å²) >= 11 is 1.31. The Kier molecular flexibility index (Phi) is 3.47. The molecule has 1 fully saturated rings. The van der Waals surface area contributed by atoms with Crippen LogP contribution in [0, 0.1) is 0 Å². The van der Waals surface area contributed by atoms with Crippen LogP contribution in [0.4, 0.5) is 0 Å². The van der Waals surface area contributed by atoms with Gasteiger partial charge in [0.1, 0.15) is 11.1 Å². The van der Waals surface area contributed by atoms with E-state index in [2.05, 4.69) is 0 Å². The third kappa shape index (κ3) is 2.15. The van der Waals surface area contributed by atoms with E-state index in [4.69, 9.17) is 0 Å². The number of nitrogens with zero attached hydrogens (tertiary/aromatic N) is 1. The number of carbonyl (C=O) groups excluding carboxylic acids is 2. The number of phenols is 1. The third-order valence-corrected chi connectivity index (χ3v) is 4.14. The average Bonchev–Trinajstić information content (AvgIpc) is 2.74. The summed E-state index contributed by atoms with van der Waals surface area (Å²) in [5.41, 5.74) is 0.543. The maximum absolute atomic E-state index is 11.6. The van der Waals surface area contributed by atoms with Crippen molar-refractivity contribution in [2.24, 2.45) is 0 Å². The Morgan fingerprint density at radius 3 is 2.67 bits per heavy atom. The number of aromatic hydroxyl groups is 1. The molecule has 1 aromatic rings. The first-order valence-electron chi connectivity index (χ1n) is 5.41. The highest BCUT2D eigenvalue weighted by Crippen LogP contribution is 2.43. The van der Waals surface area contributed by atoms with Crippen LogP contribution in [0.15, 0.2) is 24.3 Å². The number of thioether (sulfide) groups is 1. The standard InChI is InChI=1S/C12H13NO4S/c1-7(14)13-9(12(16)17)6-18-11(13)8-4-2-3-5-10(8)15/h2-5,9,11,15H,6H2,1H3,(H,16,17)/p-1/t9-,11-/m0/s1. The maximum atomic E-state index is 11.6. The van der Waals surface area contributed by atoms with Gasteiger partial charge in [0, 0.05) is 18.2 Å². The summed E-state index contributed by atoms with van der Waals surface area (Å²) in [6.45, 7) is 1.31. The predicted molar refractivity (Wildman–Crippen MR) is 64.6 cm³/mol. The summed E-state index contributed by atoms with van der Waals surface area (Å²) in [6, 6.07) is 5.66. The highest BCUT2D eigenvalue weighted by Gasteiger charge is 2.38. The zero-order valence-electron chi connectivity index (χ0n) is 9.70. The van der Waals surface area contributed by atoms with Gasteiger partial charge in [-0.3, -0.25) is 4.79 Å². The molecular weight excluding hydrogens is 254 g/mol. The molecule has 0 spiro atoms. The summed E-state index contributed by atoms with van der Waals surface area (Å²) in [5, 5.41) is 20.3. The van der Waals surface area contributed by atoms with Crippen LogP contribution in [-0.2, 0) is 9.59 Å².